The van der Waals surface area contributed by atoms with E-state index in [2.05, 4.69) is 0 Å². The van der Waals surface area contributed by atoms with Crippen molar-refractivity contribution in [2.45, 2.75) is 19.8 Å². The molecule has 0 aliphatic rings. The van der Waals surface area contributed by atoms with E-state index in [1.165, 1.54) is 11.3 Å². The van der Waals surface area contributed by atoms with Crippen molar-refractivity contribution in [1.29, 1.82) is 0 Å². The number of methoxy groups -OCH3 is 1. The van der Waals surface area contributed by atoms with Crippen molar-refractivity contribution >= 4 is 22.9 Å². The van der Waals surface area contributed by atoms with Gasteiger partial charge in [-0.2, -0.15) is 0 Å². The third-order valence-electron chi connectivity index (χ3n) is 2.06. The van der Waals surface area contributed by atoms with Gasteiger partial charge in [0.05, 0.1) is 17.9 Å². The molecule has 3 nitrogen and oxygen atoms in total. The number of hydrogen-bond acceptors (Lipinski definition) is 4. The molecular weight excluding hydrogens is 212 g/mol. The number of ether oxygens (including phenoxy) is 1. The highest BCUT2D eigenvalue weighted by Gasteiger charge is 2.14. The SMILES string of the molecule is COCCC(=O)CC(=O)c1sccc1C. The van der Waals surface area contributed by atoms with Gasteiger partial charge in [0.25, 0.3) is 0 Å². The van der Waals surface area contributed by atoms with Crippen molar-refractivity contribution in [3.8, 4) is 0 Å². The number of thiophene rings is 1. The summed E-state index contributed by atoms with van der Waals surface area (Å²) in [5.41, 5.74) is 0.949. The highest BCUT2D eigenvalue weighted by atomic mass is 32.1. The molecule has 1 aromatic heterocycles. The summed E-state index contributed by atoms with van der Waals surface area (Å²) < 4.78 is 4.78. The molecular formula is C11H14O3S. The summed E-state index contributed by atoms with van der Waals surface area (Å²) >= 11 is 1.39. The van der Waals surface area contributed by atoms with E-state index in [0.717, 1.165) is 5.56 Å². The average Bonchev–Trinajstić information content (AvgIpc) is 2.61. The van der Waals surface area contributed by atoms with E-state index in [0.29, 0.717) is 17.9 Å². The van der Waals surface area contributed by atoms with Crippen LogP contribution in [0.3, 0.4) is 0 Å². The molecule has 0 saturated heterocycles. The summed E-state index contributed by atoms with van der Waals surface area (Å²) in [6, 6.07) is 1.89. The fraction of sp³-hybridized carbons (Fsp3) is 0.455. The zero-order valence-corrected chi connectivity index (χ0v) is 9.73. The molecule has 0 N–H and O–H groups in total. The van der Waals surface area contributed by atoms with Crippen LogP contribution in [-0.2, 0) is 9.53 Å². The zero-order chi connectivity index (χ0) is 11.3. The minimum atomic E-state index is -0.0800. The Kier molecular flexibility index (Phi) is 4.65. The molecule has 1 aromatic rings. The number of Topliss-reactive ketones (excluding diaryl/α,β-unsaturated/α-hetero) is 2. The van der Waals surface area contributed by atoms with E-state index >= 15 is 0 Å². The first kappa shape index (κ1) is 12.1. The zero-order valence-electron chi connectivity index (χ0n) is 8.91. The second kappa shape index (κ2) is 5.78. The van der Waals surface area contributed by atoms with E-state index in [1.54, 1.807) is 7.11 Å². The third-order valence-corrected chi connectivity index (χ3v) is 3.12. The molecule has 0 radical (unpaired) electrons. The second-order valence-corrected chi connectivity index (χ2v) is 4.23. The number of hydrogen-bond donors (Lipinski definition) is 0. The highest BCUT2D eigenvalue weighted by Crippen LogP contribution is 2.17. The molecule has 0 saturated carbocycles. The Balaban J connectivity index is 2.49. The largest absolute Gasteiger partial charge is 0.384 e. The molecule has 1 rings (SSSR count). The van der Waals surface area contributed by atoms with E-state index in [-0.39, 0.29) is 18.0 Å². The lowest BCUT2D eigenvalue weighted by Crippen LogP contribution is -2.09. The first-order valence-corrected chi connectivity index (χ1v) is 5.61. The van der Waals surface area contributed by atoms with Crippen LogP contribution in [0.2, 0.25) is 0 Å². The van der Waals surface area contributed by atoms with Crippen molar-refractivity contribution < 1.29 is 14.3 Å². The first-order valence-electron chi connectivity index (χ1n) is 4.73. The minimum Gasteiger partial charge on any atom is -0.384 e. The maximum Gasteiger partial charge on any atom is 0.180 e. The normalized spacial score (nSPS) is 10.3. The van der Waals surface area contributed by atoms with E-state index in [4.69, 9.17) is 4.74 Å². The number of aryl methyl sites for hydroxylation is 1. The van der Waals surface area contributed by atoms with Crippen molar-refractivity contribution in [2.24, 2.45) is 0 Å². The Labute approximate surface area is 93.1 Å². The smallest absolute Gasteiger partial charge is 0.180 e. The standard InChI is InChI=1S/C11H14O3S/c1-8-4-6-15-11(8)10(13)7-9(12)3-5-14-2/h4,6H,3,5,7H2,1-2H3. The molecule has 0 atom stereocenters. The molecule has 4 heteroatoms. The Morgan fingerprint density at radius 3 is 2.73 bits per heavy atom. The lowest BCUT2D eigenvalue weighted by atomic mass is 10.1. The highest BCUT2D eigenvalue weighted by molar-refractivity contribution is 7.12. The minimum absolute atomic E-state index is 0.00921. The van der Waals surface area contributed by atoms with Gasteiger partial charge in [0, 0.05) is 13.5 Å². The van der Waals surface area contributed by atoms with Crippen LogP contribution in [0, 0.1) is 6.92 Å². The van der Waals surface area contributed by atoms with Gasteiger partial charge in [-0.15, -0.1) is 11.3 Å². The molecule has 0 spiro atoms. The lowest BCUT2D eigenvalue weighted by Gasteiger charge is -1.99. The van der Waals surface area contributed by atoms with Crippen LogP contribution in [0.5, 0.6) is 0 Å². The topological polar surface area (TPSA) is 43.4 Å². The quantitative estimate of drug-likeness (QED) is 0.552. The van der Waals surface area contributed by atoms with Crippen LogP contribution in [0.15, 0.2) is 11.4 Å². The Morgan fingerprint density at radius 1 is 1.47 bits per heavy atom. The maximum absolute atomic E-state index is 11.6. The van der Waals surface area contributed by atoms with Gasteiger partial charge in [-0.3, -0.25) is 9.59 Å². The molecule has 0 fully saturated rings. The van der Waals surface area contributed by atoms with Gasteiger partial charge in [0.1, 0.15) is 5.78 Å². The fourth-order valence-electron chi connectivity index (χ4n) is 1.22. The van der Waals surface area contributed by atoms with Crippen molar-refractivity contribution in [3.05, 3.63) is 21.9 Å². The monoisotopic (exact) mass is 226 g/mol. The van der Waals surface area contributed by atoms with Gasteiger partial charge in [-0.05, 0) is 23.9 Å². The van der Waals surface area contributed by atoms with Crippen LogP contribution in [0.4, 0.5) is 0 Å². The first-order chi connectivity index (χ1) is 7.15. The van der Waals surface area contributed by atoms with Crippen molar-refractivity contribution in [3.63, 3.8) is 0 Å². The van der Waals surface area contributed by atoms with Gasteiger partial charge in [0.15, 0.2) is 5.78 Å². The van der Waals surface area contributed by atoms with Crippen molar-refractivity contribution in [1.82, 2.24) is 0 Å². The van der Waals surface area contributed by atoms with E-state index in [9.17, 15) is 9.59 Å². The van der Waals surface area contributed by atoms with Crippen LogP contribution in [-0.4, -0.2) is 25.3 Å². The predicted molar refractivity (Wildman–Crippen MR) is 59.5 cm³/mol. The summed E-state index contributed by atoms with van der Waals surface area (Å²) in [6.07, 6.45) is 0.303. The van der Waals surface area contributed by atoms with Gasteiger partial charge < -0.3 is 4.74 Å². The third kappa shape index (κ3) is 3.57. The average molecular weight is 226 g/mol. The molecule has 0 aromatic carbocycles. The van der Waals surface area contributed by atoms with Gasteiger partial charge in [-0.25, -0.2) is 0 Å². The summed E-state index contributed by atoms with van der Waals surface area (Å²) in [6.45, 7) is 2.26. The molecule has 0 aliphatic heterocycles. The van der Waals surface area contributed by atoms with Gasteiger partial charge in [0.2, 0.25) is 0 Å². The Bertz CT molecular complexity index is 354. The number of rotatable bonds is 6. The van der Waals surface area contributed by atoms with E-state index < -0.39 is 0 Å². The van der Waals surface area contributed by atoms with Crippen LogP contribution in [0.1, 0.15) is 28.1 Å². The summed E-state index contributed by atoms with van der Waals surface area (Å²) in [5, 5.41) is 1.86. The summed E-state index contributed by atoms with van der Waals surface area (Å²) in [5.74, 6) is -0.141. The van der Waals surface area contributed by atoms with Gasteiger partial charge >= 0.3 is 0 Å². The molecule has 82 valence electrons. The fourth-order valence-corrected chi connectivity index (χ4v) is 2.09. The number of carbonyl (C=O) groups excluding carboxylic acids is 2. The molecule has 0 amide bonds. The summed E-state index contributed by atoms with van der Waals surface area (Å²) in [7, 11) is 1.54. The summed E-state index contributed by atoms with van der Waals surface area (Å²) in [4.78, 5) is 23.7. The predicted octanol–water partition coefficient (Wildman–Crippen LogP) is 2.23. The second-order valence-electron chi connectivity index (χ2n) is 3.31. The Morgan fingerprint density at radius 2 is 2.20 bits per heavy atom. The molecule has 1 heterocycles. The molecule has 0 bridgehead atoms. The van der Waals surface area contributed by atoms with Crippen LogP contribution in [0.25, 0.3) is 0 Å². The van der Waals surface area contributed by atoms with Gasteiger partial charge in [-0.1, -0.05) is 0 Å². The number of carbonyl (C=O) groups is 2. The Hall–Kier alpha value is -1.00. The maximum atomic E-state index is 11.6. The van der Waals surface area contributed by atoms with E-state index in [1.807, 2.05) is 18.4 Å². The number of ketones is 2. The van der Waals surface area contributed by atoms with Crippen LogP contribution < -0.4 is 0 Å². The van der Waals surface area contributed by atoms with Crippen molar-refractivity contribution in [2.75, 3.05) is 13.7 Å². The molecule has 0 aliphatic carbocycles. The van der Waals surface area contributed by atoms with Crippen LogP contribution >= 0.6 is 11.3 Å². The molecule has 0 unspecified atom stereocenters. The lowest BCUT2D eigenvalue weighted by molar-refractivity contribution is -0.119. The molecule has 15 heavy (non-hydrogen) atoms.